The molecule has 0 aliphatic rings. The van der Waals surface area contributed by atoms with Crippen LogP contribution >= 0.6 is 31.9 Å². The molecule has 5 heteroatoms. The van der Waals surface area contributed by atoms with E-state index in [1.807, 2.05) is 13.0 Å². The summed E-state index contributed by atoms with van der Waals surface area (Å²) in [6, 6.07) is 5.03. The highest BCUT2D eigenvalue weighted by molar-refractivity contribution is 9.11. The van der Waals surface area contributed by atoms with E-state index < -0.39 is 11.9 Å². The number of aryl methyl sites for hydroxylation is 2. The number of rotatable bonds is 2. The molecule has 0 bridgehead atoms. The Bertz CT molecular complexity index is 608. The highest BCUT2D eigenvalue weighted by Crippen LogP contribution is 2.32. The van der Waals surface area contributed by atoms with Crippen LogP contribution in [-0.2, 0) is 0 Å². The van der Waals surface area contributed by atoms with Crippen LogP contribution < -0.4 is 0 Å². The predicted octanol–water partition coefficient (Wildman–Crippen LogP) is 4.44. The van der Waals surface area contributed by atoms with Crippen molar-refractivity contribution in [2.45, 2.75) is 20.0 Å². The Balaban J connectivity index is 2.53. The zero-order chi connectivity index (χ0) is 14.2. The second kappa shape index (κ2) is 5.69. The molecule has 0 saturated carbocycles. The van der Waals surface area contributed by atoms with Crippen LogP contribution in [0, 0.1) is 19.7 Å². The van der Waals surface area contributed by atoms with E-state index in [0.29, 0.717) is 15.7 Å². The molecule has 1 aromatic carbocycles. The lowest BCUT2D eigenvalue weighted by atomic mass is 9.98. The monoisotopic (exact) mass is 387 g/mol. The number of aliphatic hydroxyl groups is 1. The van der Waals surface area contributed by atoms with Gasteiger partial charge in [-0.05, 0) is 69.0 Å². The zero-order valence-corrected chi connectivity index (χ0v) is 13.6. The van der Waals surface area contributed by atoms with Crippen molar-refractivity contribution < 1.29 is 9.50 Å². The van der Waals surface area contributed by atoms with Crippen LogP contribution in [0.15, 0.2) is 33.3 Å². The molecule has 1 aromatic heterocycles. The number of nitrogens with zero attached hydrogens (tertiary/aromatic N) is 1. The van der Waals surface area contributed by atoms with Crippen molar-refractivity contribution in [3.8, 4) is 0 Å². The minimum Gasteiger partial charge on any atom is -0.382 e. The highest BCUT2D eigenvalue weighted by Gasteiger charge is 2.21. The van der Waals surface area contributed by atoms with Crippen molar-refractivity contribution in [2.75, 3.05) is 0 Å². The first-order valence-corrected chi connectivity index (χ1v) is 7.24. The van der Waals surface area contributed by atoms with Gasteiger partial charge in [-0.15, -0.1) is 0 Å². The lowest BCUT2D eigenvalue weighted by molar-refractivity contribution is 0.208. The molecule has 0 spiro atoms. The summed E-state index contributed by atoms with van der Waals surface area (Å²) in [7, 11) is 0. The van der Waals surface area contributed by atoms with E-state index >= 15 is 0 Å². The van der Waals surface area contributed by atoms with Gasteiger partial charge in [0.1, 0.15) is 11.9 Å². The van der Waals surface area contributed by atoms with Crippen molar-refractivity contribution in [1.29, 1.82) is 0 Å². The van der Waals surface area contributed by atoms with Crippen LogP contribution in [0.4, 0.5) is 4.39 Å². The molecule has 2 rings (SSSR count). The molecule has 2 nitrogen and oxygen atoms in total. The normalized spacial score (nSPS) is 12.5. The van der Waals surface area contributed by atoms with E-state index in [9.17, 15) is 9.50 Å². The fourth-order valence-corrected chi connectivity index (χ4v) is 3.24. The molecule has 100 valence electrons. The molecule has 0 aliphatic carbocycles. The van der Waals surface area contributed by atoms with E-state index in [1.54, 1.807) is 19.2 Å². The average Bonchev–Trinajstić information content (AvgIpc) is 2.26. The lowest BCUT2D eigenvalue weighted by Gasteiger charge is -2.16. The van der Waals surface area contributed by atoms with Crippen LogP contribution in [0.1, 0.15) is 28.5 Å². The van der Waals surface area contributed by atoms with E-state index in [0.717, 1.165) is 10.0 Å². The van der Waals surface area contributed by atoms with E-state index in [4.69, 9.17) is 0 Å². The first-order valence-electron chi connectivity index (χ1n) is 5.66. The number of hydrogen-bond donors (Lipinski definition) is 1. The van der Waals surface area contributed by atoms with Crippen LogP contribution in [0.3, 0.4) is 0 Å². The predicted molar refractivity (Wildman–Crippen MR) is 79.6 cm³/mol. The smallest absolute Gasteiger partial charge is 0.129 e. The molecular formula is C14H12Br2FNO. The first-order chi connectivity index (χ1) is 8.90. The van der Waals surface area contributed by atoms with Crippen molar-refractivity contribution in [1.82, 2.24) is 4.98 Å². The fraction of sp³-hybridized carbons (Fsp3) is 0.214. The molecule has 0 amide bonds. The Morgan fingerprint density at radius 2 is 1.89 bits per heavy atom. The van der Waals surface area contributed by atoms with Gasteiger partial charge in [-0.3, -0.25) is 4.98 Å². The fourth-order valence-electron chi connectivity index (χ4n) is 2.04. The van der Waals surface area contributed by atoms with Gasteiger partial charge in [-0.1, -0.05) is 6.07 Å². The Labute approximate surface area is 127 Å². The maximum absolute atomic E-state index is 14.0. The summed E-state index contributed by atoms with van der Waals surface area (Å²) in [5.74, 6) is -0.415. The summed E-state index contributed by atoms with van der Waals surface area (Å²) in [5, 5.41) is 10.4. The number of aromatic nitrogens is 1. The number of aliphatic hydroxyl groups excluding tert-OH is 1. The second-order valence-corrected chi connectivity index (χ2v) is 6.17. The van der Waals surface area contributed by atoms with Crippen LogP contribution in [0.25, 0.3) is 0 Å². The molecule has 0 radical (unpaired) electrons. The topological polar surface area (TPSA) is 33.1 Å². The molecule has 1 N–H and O–H groups in total. The summed E-state index contributed by atoms with van der Waals surface area (Å²) in [4.78, 5) is 4.15. The molecule has 19 heavy (non-hydrogen) atoms. The third-order valence-electron chi connectivity index (χ3n) is 2.85. The first kappa shape index (κ1) is 14.6. The quantitative estimate of drug-likeness (QED) is 0.824. The standard InChI is InChI=1S/C14H12Br2FNO/c1-7-3-8(2)12(11(17)4-7)14(19)13-10(16)5-9(15)6-18-13/h3-6,14,19H,1-2H3. The minimum absolute atomic E-state index is 0.265. The van der Waals surface area contributed by atoms with Crippen molar-refractivity contribution in [3.05, 3.63) is 61.5 Å². The van der Waals surface area contributed by atoms with Gasteiger partial charge in [0, 0.05) is 20.7 Å². The average molecular weight is 389 g/mol. The largest absolute Gasteiger partial charge is 0.382 e. The van der Waals surface area contributed by atoms with Crippen molar-refractivity contribution in [2.24, 2.45) is 0 Å². The third kappa shape index (κ3) is 3.04. The van der Waals surface area contributed by atoms with Gasteiger partial charge in [-0.25, -0.2) is 4.39 Å². The Kier molecular flexibility index (Phi) is 4.38. The van der Waals surface area contributed by atoms with Gasteiger partial charge in [0.05, 0.1) is 5.69 Å². The van der Waals surface area contributed by atoms with E-state index in [-0.39, 0.29) is 5.56 Å². The summed E-state index contributed by atoms with van der Waals surface area (Å²) in [6.07, 6.45) is 0.480. The second-order valence-electron chi connectivity index (χ2n) is 4.40. The molecule has 1 heterocycles. The summed E-state index contributed by atoms with van der Waals surface area (Å²) in [5.41, 5.74) is 2.20. The molecule has 0 saturated heterocycles. The van der Waals surface area contributed by atoms with Crippen molar-refractivity contribution in [3.63, 3.8) is 0 Å². The van der Waals surface area contributed by atoms with Crippen molar-refractivity contribution >= 4 is 31.9 Å². The molecule has 1 unspecified atom stereocenters. The Morgan fingerprint density at radius 3 is 2.47 bits per heavy atom. The maximum atomic E-state index is 14.0. The minimum atomic E-state index is -1.09. The van der Waals surface area contributed by atoms with E-state index in [2.05, 4.69) is 36.8 Å². The van der Waals surface area contributed by atoms with Crippen LogP contribution in [-0.4, -0.2) is 10.1 Å². The molecular weight excluding hydrogens is 377 g/mol. The zero-order valence-electron chi connectivity index (χ0n) is 10.4. The molecule has 1 atom stereocenters. The summed E-state index contributed by atoms with van der Waals surface area (Å²) >= 11 is 6.63. The Hall–Kier alpha value is -0.780. The third-order valence-corrected chi connectivity index (χ3v) is 3.92. The van der Waals surface area contributed by atoms with Crippen LogP contribution in [0.2, 0.25) is 0 Å². The van der Waals surface area contributed by atoms with Gasteiger partial charge in [0.15, 0.2) is 0 Å². The Morgan fingerprint density at radius 1 is 1.21 bits per heavy atom. The number of pyridine rings is 1. The number of halogens is 3. The van der Waals surface area contributed by atoms with Gasteiger partial charge in [-0.2, -0.15) is 0 Å². The molecule has 2 aromatic rings. The van der Waals surface area contributed by atoms with Gasteiger partial charge >= 0.3 is 0 Å². The molecule has 0 aliphatic heterocycles. The maximum Gasteiger partial charge on any atom is 0.129 e. The highest BCUT2D eigenvalue weighted by atomic mass is 79.9. The lowest BCUT2D eigenvalue weighted by Crippen LogP contribution is -2.08. The SMILES string of the molecule is Cc1cc(C)c(C(O)c2ncc(Br)cc2Br)c(F)c1. The van der Waals surface area contributed by atoms with Crippen LogP contribution in [0.5, 0.6) is 0 Å². The summed E-state index contributed by atoms with van der Waals surface area (Å²) < 4.78 is 15.5. The van der Waals surface area contributed by atoms with Gasteiger partial charge < -0.3 is 5.11 Å². The van der Waals surface area contributed by atoms with Gasteiger partial charge in [0.25, 0.3) is 0 Å². The summed E-state index contributed by atoms with van der Waals surface area (Å²) in [6.45, 7) is 3.60. The molecule has 0 fully saturated rings. The van der Waals surface area contributed by atoms with Gasteiger partial charge in [0.2, 0.25) is 0 Å². The number of benzene rings is 1. The number of hydrogen-bond acceptors (Lipinski definition) is 2. The van der Waals surface area contributed by atoms with E-state index in [1.165, 1.54) is 6.07 Å².